The van der Waals surface area contributed by atoms with E-state index in [0.717, 1.165) is 19.3 Å². The predicted octanol–water partition coefficient (Wildman–Crippen LogP) is 4.22. The van der Waals surface area contributed by atoms with Crippen LogP contribution in [0.15, 0.2) is 21.1 Å². The molecule has 2 amide bonds. The predicted molar refractivity (Wildman–Crippen MR) is 87.8 cm³/mol. The van der Waals surface area contributed by atoms with Gasteiger partial charge in [-0.15, -0.1) is 0 Å². The van der Waals surface area contributed by atoms with Crippen molar-refractivity contribution in [1.82, 2.24) is 5.32 Å². The summed E-state index contributed by atoms with van der Waals surface area (Å²) in [6.07, 6.45) is 3.30. The van der Waals surface area contributed by atoms with E-state index in [4.69, 9.17) is 0 Å². The van der Waals surface area contributed by atoms with Gasteiger partial charge in [-0.05, 0) is 52.7 Å². The molecule has 0 radical (unpaired) electrons. The summed E-state index contributed by atoms with van der Waals surface area (Å²) in [5.74, 6) is -1.10. The standard InChI is InChI=1S/C14H16Br2N2O3/c1-2-14(3-4-14)7-17-13(21)18-11-9(12(19)20)5-8(15)6-10(11)16/h5-6H,2-4,7H2,1H3,(H,19,20)(H2,17,18,21). The Hall–Kier alpha value is -1.08. The van der Waals surface area contributed by atoms with Crippen molar-refractivity contribution in [3.63, 3.8) is 0 Å². The van der Waals surface area contributed by atoms with Crippen LogP contribution in [0.25, 0.3) is 0 Å². The Morgan fingerprint density at radius 3 is 2.52 bits per heavy atom. The second-order valence-electron chi connectivity index (χ2n) is 5.28. The van der Waals surface area contributed by atoms with E-state index >= 15 is 0 Å². The molecule has 0 saturated heterocycles. The molecule has 0 unspecified atom stereocenters. The number of urea groups is 1. The molecule has 21 heavy (non-hydrogen) atoms. The summed E-state index contributed by atoms with van der Waals surface area (Å²) in [4.78, 5) is 23.2. The maximum absolute atomic E-state index is 12.0. The van der Waals surface area contributed by atoms with Gasteiger partial charge >= 0.3 is 12.0 Å². The number of anilines is 1. The summed E-state index contributed by atoms with van der Waals surface area (Å²) in [6, 6.07) is 2.76. The molecule has 0 spiro atoms. The average Bonchev–Trinajstić information content (AvgIpc) is 3.19. The highest BCUT2D eigenvalue weighted by atomic mass is 79.9. The first-order chi connectivity index (χ1) is 9.87. The average molecular weight is 420 g/mol. The molecule has 0 aromatic heterocycles. The van der Waals surface area contributed by atoms with Gasteiger partial charge in [-0.3, -0.25) is 0 Å². The lowest BCUT2D eigenvalue weighted by atomic mass is 10.0. The molecule has 0 heterocycles. The van der Waals surface area contributed by atoms with Crippen molar-refractivity contribution in [3.8, 4) is 0 Å². The van der Waals surface area contributed by atoms with Gasteiger partial charge < -0.3 is 15.7 Å². The second-order valence-corrected chi connectivity index (χ2v) is 7.05. The van der Waals surface area contributed by atoms with E-state index in [1.165, 1.54) is 6.07 Å². The maximum atomic E-state index is 12.0. The quantitative estimate of drug-likeness (QED) is 0.668. The fourth-order valence-corrected chi connectivity index (χ4v) is 3.45. The molecule has 1 saturated carbocycles. The Balaban J connectivity index is 2.08. The minimum Gasteiger partial charge on any atom is -0.478 e. The van der Waals surface area contributed by atoms with Gasteiger partial charge in [0.1, 0.15) is 0 Å². The van der Waals surface area contributed by atoms with Gasteiger partial charge in [0.15, 0.2) is 0 Å². The maximum Gasteiger partial charge on any atom is 0.337 e. The summed E-state index contributed by atoms with van der Waals surface area (Å²) in [6.45, 7) is 2.73. The number of amides is 2. The van der Waals surface area contributed by atoms with Crippen molar-refractivity contribution in [1.29, 1.82) is 0 Å². The Morgan fingerprint density at radius 1 is 1.33 bits per heavy atom. The summed E-state index contributed by atoms with van der Waals surface area (Å²) in [7, 11) is 0. The van der Waals surface area contributed by atoms with Crippen LogP contribution < -0.4 is 10.6 Å². The number of halogens is 2. The number of carboxylic acids is 1. The number of carbonyl (C=O) groups excluding carboxylic acids is 1. The van der Waals surface area contributed by atoms with Crippen LogP contribution >= 0.6 is 31.9 Å². The van der Waals surface area contributed by atoms with E-state index in [1.54, 1.807) is 6.07 Å². The van der Waals surface area contributed by atoms with Gasteiger partial charge in [0.25, 0.3) is 0 Å². The van der Waals surface area contributed by atoms with Gasteiger partial charge in [0.2, 0.25) is 0 Å². The van der Waals surface area contributed by atoms with E-state index < -0.39 is 5.97 Å². The molecule has 2 rings (SSSR count). The molecule has 0 bridgehead atoms. The summed E-state index contributed by atoms with van der Waals surface area (Å²) in [5, 5.41) is 14.7. The minimum absolute atomic E-state index is 0.0306. The van der Waals surface area contributed by atoms with Crippen molar-refractivity contribution in [2.75, 3.05) is 11.9 Å². The SMILES string of the molecule is CCC1(CNC(=O)Nc2c(Br)cc(Br)cc2C(=O)O)CC1. The molecule has 7 heteroatoms. The zero-order valence-corrected chi connectivity index (χ0v) is 14.7. The van der Waals surface area contributed by atoms with Gasteiger partial charge in [-0.1, -0.05) is 22.9 Å². The number of rotatable bonds is 5. The highest BCUT2D eigenvalue weighted by Gasteiger charge is 2.40. The largest absolute Gasteiger partial charge is 0.478 e. The van der Waals surface area contributed by atoms with Crippen LogP contribution in [-0.4, -0.2) is 23.7 Å². The van der Waals surface area contributed by atoms with Gasteiger partial charge in [0, 0.05) is 15.5 Å². The van der Waals surface area contributed by atoms with Gasteiger partial charge in [-0.25, -0.2) is 9.59 Å². The van der Waals surface area contributed by atoms with Crippen LogP contribution in [0.1, 0.15) is 36.5 Å². The number of hydrogen-bond acceptors (Lipinski definition) is 2. The van der Waals surface area contributed by atoms with Gasteiger partial charge in [0.05, 0.1) is 11.3 Å². The number of benzene rings is 1. The van der Waals surface area contributed by atoms with E-state index in [0.29, 0.717) is 15.5 Å². The first-order valence-electron chi connectivity index (χ1n) is 6.64. The number of nitrogens with one attached hydrogen (secondary N) is 2. The lowest BCUT2D eigenvalue weighted by Crippen LogP contribution is -2.34. The van der Waals surface area contributed by atoms with E-state index in [2.05, 4.69) is 49.4 Å². The molecule has 0 atom stereocenters. The van der Waals surface area contributed by atoms with E-state index in [9.17, 15) is 14.7 Å². The molecule has 1 aromatic rings. The van der Waals surface area contributed by atoms with Crippen LogP contribution in [0.3, 0.4) is 0 Å². The van der Waals surface area contributed by atoms with E-state index in [1.807, 2.05) is 0 Å². The first kappa shape index (κ1) is 16.3. The van der Waals surface area contributed by atoms with Crippen LogP contribution in [0.5, 0.6) is 0 Å². The molecule has 5 nitrogen and oxygen atoms in total. The third-order valence-electron chi connectivity index (χ3n) is 3.85. The Kier molecular flexibility index (Phi) is 4.93. The van der Waals surface area contributed by atoms with Crippen molar-refractivity contribution >= 4 is 49.5 Å². The molecular weight excluding hydrogens is 404 g/mol. The summed E-state index contributed by atoms with van der Waals surface area (Å²) in [5.41, 5.74) is 0.525. The second kappa shape index (κ2) is 6.36. The molecule has 114 valence electrons. The molecule has 1 aliphatic carbocycles. The summed E-state index contributed by atoms with van der Waals surface area (Å²) < 4.78 is 1.14. The molecule has 3 N–H and O–H groups in total. The summed E-state index contributed by atoms with van der Waals surface area (Å²) >= 11 is 6.51. The first-order valence-corrected chi connectivity index (χ1v) is 8.23. The highest BCUT2D eigenvalue weighted by molar-refractivity contribution is 9.11. The number of hydrogen-bond donors (Lipinski definition) is 3. The zero-order valence-electron chi connectivity index (χ0n) is 11.5. The van der Waals surface area contributed by atoms with Crippen LogP contribution in [0.2, 0.25) is 0 Å². The lowest BCUT2D eigenvalue weighted by molar-refractivity contribution is 0.0698. The lowest BCUT2D eigenvalue weighted by Gasteiger charge is -2.16. The van der Waals surface area contributed by atoms with E-state index in [-0.39, 0.29) is 22.7 Å². The van der Waals surface area contributed by atoms with Crippen molar-refractivity contribution in [3.05, 3.63) is 26.6 Å². The Labute approximate surface area is 139 Å². The fraction of sp³-hybridized carbons (Fsp3) is 0.429. The van der Waals surface area contributed by atoms with Crippen molar-refractivity contribution < 1.29 is 14.7 Å². The normalized spacial score (nSPS) is 15.4. The fourth-order valence-electron chi connectivity index (χ4n) is 2.13. The molecule has 1 aliphatic rings. The van der Waals surface area contributed by atoms with Crippen LogP contribution in [0.4, 0.5) is 10.5 Å². The van der Waals surface area contributed by atoms with Gasteiger partial charge in [-0.2, -0.15) is 0 Å². The molecule has 0 aliphatic heterocycles. The zero-order chi connectivity index (χ0) is 15.6. The number of carboxylic acid groups (broad SMARTS) is 1. The third-order valence-corrected chi connectivity index (χ3v) is 4.94. The minimum atomic E-state index is -1.10. The van der Waals surface area contributed by atoms with Crippen molar-refractivity contribution in [2.24, 2.45) is 5.41 Å². The number of carbonyl (C=O) groups is 2. The Bertz CT molecular complexity index is 586. The number of aromatic carboxylic acids is 1. The molecular formula is C14H16Br2N2O3. The highest BCUT2D eigenvalue weighted by Crippen LogP contribution is 2.47. The van der Waals surface area contributed by atoms with Crippen molar-refractivity contribution in [2.45, 2.75) is 26.2 Å². The molecule has 1 aromatic carbocycles. The third kappa shape index (κ3) is 3.97. The Morgan fingerprint density at radius 2 is 2.00 bits per heavy atom. The smallest absolute Gasteiger partial charge is 0.337 e. The topological polar surface area (TPSA) is 78.4 Å². The monoisotopic (exact) mass is 418 g/mol. The van der Waals surface area contributed by atoms with Crippen LogP contribution in [0, 0.1) is 5.41 Å². The molecule has 1 fully saturated rings. The van der Waals surface area contributed by atoms with Crippen LogP contribution in [-0.2, 0) is 0 Å².